The second kappa shape index (κ2) is 11.9. The minimum atomic E-state index is -0.230. The maximum absolute atomic E-state index is 12.5. The van der Waals surface area contributed by atoms with E-state index in [0.717, 1.165) is 34.0 Å². The molecule has 2 atom stereocenters. The van der Waals surface area contributed by atoms with Crippen molar-refractivity contribution in [2.45, 2.75) is 25.9 Å². The molecule has 0 aliphatic carbocycles. The minimum absolute atomic E-state index is 0.0727. The molecule has 8 heteroatoms. The second-order valence-corrected chi connectivity index (χ2v) is 10.6. The number of aromatic nitrogens is 2. The zero-order valence-electron chi connectivity index (χ0n) is 23.4. The molecule has 6 rings (SSSR count). The number of pyridine rings is 1. The number of anilines is 2. The van der Waals surface area contributed by atoms with Gasteiger partial charge in [0.15, 0.2) is 11.7 Å². The summed E-state index contributed by atoms with van der Waals surface area (Å²) in [7, 11) is 0. The van der Waals surface area contributed by atoms with Gasteiger partial charge in [0.25, 0.3) is 5.91 Å². The van der Waals surface area contributed by atoms with Gasteiger partial charge in [-0.05, 0) is 98.4 Å². The quantitative estimate of drug-likeness (QED) is 0.202. The maximum atomic E-state index is 12.5. The third kappa shape index (κ3) is 5.49. The third-order valence-corrected chi connectivity index (χ3v) is 7.76. The lowest BCUT2D eigenvalue weighted by atomic mass is 9.96. The molecule has 42 heavy (non-hydrogen) atoms. The molecule has 1 saturated heterocycles. The molecule has 7 nitrogen and oxygen atoms in total. The van der Waals surface area contributed by atoms with Gasteiger partial charge in [-0.25, -0.2) is 0 Å². The Morgan fingerprint density at radius 2 is 1.60 bits per heavy atom. The number of hydrogen-bond acceptors (Lipinski definition) is 4. The predicted octanol–water partition coefficient (Wildman–Crippen LogP) is 6.68. The monoisotopic (exact) mass is 573 g/mol. The number of hydrogen-bond donors (Lipinski definition) is 2. The third-order valence-electron chi connectivity index (χ3n) is 7.44. The van der Waals surface area contributed by atoms with Crippen molar-refractivity contribution in [2.75, 3.05) is 16.8 Å². The van der Waals surface area contributed by atoms with Crippen LogP contribution < -0.4 is 20.3 Å². The number of ether oxygens (including phenoxy) is 1. The van der Waals surface area contributed by atoms with E-state index in [0.29, 0.717) is 16.5 Å². The van der Waals surface area contributed by atoms with Crippen LogP contribution in [0.5, 0.6) is 5.75 Å². The molecular weight excluding hydrogens is 542 g/mol. The number of amides is 1. The molecule has 1 aliphatic rings. The summed E-state index contributed by atoms with van der Waals surface area (Å²) in [6, 6.07) is 35.3. The smallest absolute Gasteiger partial charge is 0.262 e. The van der Waals surface area contributed by atoms with Gasteiger partial charge < -0.3 is 24.8 Å². The summed E-state index contributed by atoms with van der Waals surface area (Å²) in [4.78, 5) is 19.4. The van der Waals surface area contributed by atoms with Gasteiger partial charge in [-0.2, -0.15) is 0 Å². The van der Waals surface area contributed by atoms with Gasteiger partial charge in [0.2, 0.25) is 0 Å². The number of carbonyl (C=O) groups is 1. The number of aryl methyl sites for hydroxylation is 1. The summed E-state index contributed by atoms with van der Waals surface area (Å²) in [6.07, 6.45) is 1.81. The molecule has 3 aromatic carbocycles. The van der Waals surface area contributed by atoms with Crippen molar-refractivity contribution >= 4 is 34.6 Å². The summed E-state index contributed by atoms with van der Waals surface area (Å²) in [5, 5.41) is 7.07. The Morgan fingerprint density at radius 3 is 2.29 bits per heavy atom. The highest BCUT2D eigenvalue weighted by Gasteiger charge is 2.42. The number of nitrogens with zero attached hydrogens (tertiary/aromatic N) is 3. The molecule has 210 valence electrons. The lowest BCUT2D eigenvalue weighted by Crippen LogP contribution is -2.29. The van der Waals surface area contributed by atoms with Crippen LogP contribution in [0.4, 0.5) is 11.4 Å². The number of benzene rings is 3. The van der Waals surface area contributed by atoms with Gasteiger partial charge in [-0.15, -0.1) is 0 Å². The largest absolute Gasteiger partial charge is 0.484 e. The van der Waals surface area contributed by atoms with Crippen molar-refractivity contribution in [1.29, 1.82) is 0 Å². The van der Waals surface area contributed by atoms with Crippen molar-refractivity contribution in [3.05, 3.63) is 138 Å². The second-order valence-electron chi connectivity index (χ2n) is 10.2. The molecular formula is C34H31N5O2S. The van der Waals surface area contributed by atoms with E-state index in [9.17, 15) is 4.79 Å². The van der Waals surface area contributed by atoms with E-state index < -0.39 is 0 Å². The Balaban J connectivity index is 1.30. The normalized spacial score (nSPS) is 16.2. The van der Waals surface area contributed by atoms with E-state index >= 15 is 0 Å². The van der Waals surface area contributed by atoms with Gasteiger partial charge in [0, 0.05) is 34.6 Å². The number of rotatable bonds is 8. The first-order valence-electron chi connectivity index (χ1n) is 13.8. The minimum Gasteiger partial charge on any atom is -0.484 e. The first-order valence-corrected chi connectivity index (χ1v) is 14.2. The summed E-state index contributed by atoms with van der Waals surface area (Å²) >= 11 is 5.93. The van der Waals surface area contributed by atoms with E-state index in [1.54, 1.807) is 0 Å². The van der Waals surface area contributed by atoms with Crippen molar-refractivity contribution in [3.63, 3.8) is 0 Å². The Labute approximate surface area is 250 Å². The van der Waals surface area contributed by atoms with Crippen LogP contribution in [0, 0.1) is 13.8 Å². The van der Waals surface area contributed by atoms with Crippen molar-refractivity contribution in [1.82, 2.24) is 14.9 Å². The van der Waals surface area contributed by atoms with E-state index in [-0.39, 0.29) is 24.6 Å². The van der Waals surface area contributed by atoms with Gasteiger partial charge in [-0.1, -0.05) is 42.5 Å². The van der Waals surface area contributed by atoms with Gasteiger partial charge >= 0.3 is 0 Å². The molecule has 2 N–H and O–H groups in total. The summed E-state index contributed by atoms with van der Waals surface area (Å²) in [5.41, 5.74) is 7.07. The van der Waals surface area contributed by atoms with Crippen molar-refractivity contribution in [2.24, 2.45) is 0 Å². The zero-order valence-corrected chi connectivity index (χ0v) is 24.2. The number of carbonyl (C=O) groups excluding carboxylic acids is 1. The van der Waals surface area contributed by atoms with E-state index in [4.69, 9.17) is 17.0 Å². The van der Waals surface area contributed by atoms with Crippen molar-refractivity contribution < 1.29 is 9.53 Å². The van der Waals surface area contributed by atoms with E-state index in [1.165, 1.54) is 0 Å². The van der Waals surface area contributed by atoms with Gasteiger partial charge in [0.1, 0.15) is 5.75 Å². The van der Waals surface area contributed by atoms with Crippen molar-refractivity contribution in [3.8, 4) is 11.4 Å². The van der Waals surface area contributed by atoms with E-state index in [1.807, 2.05) is 85.1 Å². The van der Waals surface area contributed by atoms with E-state index in [2.05, 4.69) is 69.3 Å². The summed E-state index contributed by atoms with van der Waals surface area (Å²) in [6.45, 7) is 4.21. The molecule has 1 aliphatic heterocycles. The molecule has 1 amide bonds. The Bertz CT molecular complexity index is 1690. The zero-order chi connectivity index (χ0) is 29.1. The number of para-hydroxylation sites is 2. The van der Waals surface area contributed by atoms with Crippen LogP contribution in [0.1, 0.15) is 34.7 Å². The average Bonchev–Trinajstić information content (AvgIpc) is 3.52. The Kier molecular flexibility index (Phi) is 7.70. The molecule has 0 saturated carbocycles. The summed E-state index contributed by atoms with van der Waals surface area (Å²) < 4.78 is 7.86. The van der Waals surface area contributed by atoms with Crippen LogP contribution in [-0.4, -0.2) is 27.2 Å². The SMILES string of the molecule is Cc1cc([C@@H]2[C@@H](c3ccccn3)NC(=S)N2c2ccc(NC(=O)COc3ccccc3)cc2)c(C)n1-c1ccccc1. The molecule has 0 bridgehead atoms. The fraction of sp³-hybridized carbons (Fsp3) is 0.147. The fourth-order valence-corrected chi connectivity index (χ4v) is 5.92. The number of thiocarbonyl (C=S) groups is 1. The van der Waals surface area contributed by atoms with Crippen LogP contribution in [-0.2, 0) is 4.79 Å². The van der Waals surface area contributed by atoms with Crippen LogP contribution in [0.25, 0.3) is 5.69 Å². The van der Waals surface area contributed by atoms with Gasteiger partial charge in [0.05, 0.1) is 17.8 Å². The molecule has 1 fully saturated rings. The van der Waals surface area contributed by atoms with Crippen LogP contribution in [0.3, 0.4) is 0 Å². The highest BCUT2D eigenvalue weighted by molar-refractivity contribution is 7.80. The molecule has 2 aromatic heterocycles. The molecule has 0 unspecified atom stereocenters. The highest BCUT2D eigenvalue weighted by Crippen LogP contribution is 2.43. The predicted molar refractivity (Wildman–Crippen MR) is 170 cm³/mol. The first kappa shape index (κ1) is 27.2. The van der Waals surface area contributed by atoms with Gasteiger partial charge in [-0.3, -0.25) is 9.78 Å². The van der Waals surface area contributed by atoms with Crippen LogP contribution in [0.15, 0.2) is 115 Å². The maximum Gasteiger partial charge on any atom is 0.262 e. The molecule has 0 spiro atoms. The average molecular weight is 574 g/mol. The highest BCUT2D eigenvalue weighted by atomic mass is 32.1. The van der Waals surface area contributed by atoms with Crippen LogP contribution >= 0.6 is 12.2 Å². The van der Waals surface area contributed by atoms with Crippen LogP contribution in [0.2, 0.25) is 0 Å². The lowest BCUT2D eigenvalue weighted by molar-refractivity contribution is -0.118. The topological polar surface area (TPSA) is 71.4 Å². The fourth-order valence-electron chi connectivity index (χ4n) is 5.58. The first-order chi connectivity index (χ1) is 20.5. The molecule has 0 radical (unpaired) electrons. The molecule has 5 aromatic rings. The summed E-state index contributed by atoms with van der Waals surface area (Å²) in [5.74, 6) is 0.421. The number of nitrogens with one attached hydrogen (secondary N) is 2. The Hall–Kier alpha value is -4.95. The molecule has 3 heterocycles. The standard InChI is InChI=1S/C34H31N5O2S/c1-23-21-29(24(2)38(23)26-11-5-3-6-12-26)33-32(30-15-9-10-20-35-30)37-34(42)39(33)27-18-16-25(17-19-27)36-31(40)22-41-28-13-7-4-8-14-28/h3-21,32-33H,22H2,1-2H3,(H,36,40)(H,37,42)/t32-,33-/m1/s1. The Morgan fingerprint density at radius 1 is 0.905 bits per heavy atom. The lowest BCUT2D eigenvalue weighted by Gasteiger charge is -2.28.